The number of hydrogen-bond donors (Lipinski definition) is 0. The van der Waals surface area contributed by atoms with Crippen molar-refractivity contribution in [1.82, 2.24) is 0 Å². The Kier molecular flexibility index (Phi) is 17.0. The zero-order valence-electron chi connectivity index (χ0n) is 28.9. The van der Waals surface area contributed by atoms with Crippen molar-refractivity contribution in [2.45, 2.75) is 205 Å². The predicted octanol–water partition coefficient (Wildman–Crippen LogP) is 9.02. The molecular formula is C38H66O7. The van der Waals surface area contributed by atoms with Crippen LogP contribution < -0.4 is 0 Å². The summed E-state index contributed by atoms with van der Waals surface area (Å²) in [5, 5.41) is 0. The number of epoxide rings is 3. The van der Waals surface area contributed by atoms with Crippen molar-refractivity contribution in [1.29, 1.82) is 0 Å². The summed E-state index contributed by atoms with van der Waals surface area (Å²) < 4.78 is 28.7. The first-order valence-corrected chi connectivity index (χ1v) is 19.4. The zero-order chi connectivity index (χ0) is 31.7. The van der Waals surface area contributed by atoms with Crippen LogP contribution >= 0.6 is 0 Å². The van der Waals surface area contributed by atoms with E-state index in [1.165, 1.54) is 116 Å². The molecule has 0 spiro atoms. The lowest BCUT2D eigenvalue weighted by Gasteiger charge is -2.26. The normalized spacial score (nSPS) is 29.6. The second-order valence-corrected chi connectivity index (χ2v) is 14.5. The second kappa shape index (κ2) is 20.9. The molecule has 0 aromatic carbocycles. The molecule has 1 saturated carbocycles. The van der Waals surface area contributed by atoms with Crippen molar-refractivity contribution in [2.75, 3.05) is 13.2 Å². The molecule has 4 rings (SSSR count). The molecule has 0 aromatic heterocycles. The lowest BCUT2D eigenvalue weighted by molar-refractivity contribution is -0.162. The fourth-order valence-electron chi connectivity index (χ4n) is 7.40. The topological polar surface area (TPSA) is 90.2 Å². The standard InChI is InChI=1S/C38H66O7/c1-3-5-7-9-11-13-15-17-19-21-31-33(43-31)23-25-41-37(39)29-27-35-36(45-35)28-30(29)38(40)42-26-24-34-32(44-34)22-20-18-16-14-12-10-8-6-4-2/h29-36H,3-28H2,1-2H3. The van der Waals surface area contributed by atoms with Crippen molar-refractivity contribution in [3.05, 3.63) is 0 Å². The Morgan fingerprint density at radius 1 is 0.467 bits per heavy atom. The molecule has 45 heavy (non-hydrogen) atoms. The highest BCUT2D eigenvalue weighted by Gasteiger charge is 2.54. The highest BCUT2D eigenvalue weighted by atomic mass is 16.6. The third-order valence-electron chi connectivity index (χ3n) is 10.6. The van der Waals surface area contributed by atoms with Gasteiger partial charge in [0.15, 0.2) is 0 Å². The van der Waals surface area contributed by atoms with E-state index in [1.54, 1.807) is 0 Å². The monoisotopic (exact) mass is 634 g/mol. The summed E-state index contributed by atoms with van der Waals surface area (Å²) in [4.78, 5) is 26.1. The molecule has 7 nitrogen and oxygen atoms in total. The SMILES string of the molecule is CCCCCCCCCCCC1OC1CCOC(=O)C1CC2OC2CC1C(=O)OCCC1OC1CCCCCCCCCCC. The third kappa shape index (κ3) is 14.2. The van der Waals surface area contributed by atoms with E-state index >= 15 is 0 Å². The maximum atomic E-state index is 13.0. The predicted molar refractivity (Wildman–Crippen MR) is 177 cm³/mol. The molecule has 8 unspecified atom stereocenters. The minimum absolute atomic E-state index is 0.0840. The van der Waals surface area contributed by atoms with Gasteiger partial charge in [-0.2, -0.15) is 0 Å². The van der Waals surface area contributed by atoms with Crippen LogP contribution in [-0.2, 0) is 33.3 Å². The number of fused-ring (bicyclic) bond motifs is 1. The summed E-state index contributed by atoms with van der Waals surface area (Å²) in [5.74, 6) is -1.52. The average molecular weight is 635 g/mol. The largest absolute Gasteiger partial charge is 0.465 e. The summed E-state index contributed by atoms with van der Waals surface area (Å²) in [6.45, 7) is 5.23. The zero-order valence-corrected chi connectivity index (χ0v) is 28.9. The van der Waals surface area contributed by atoms with Gasteiger partial charge < -0.3 is 23.7 Å². The van der Waals surface area contributed by atoms with E-state index in [0.717, 1.165) is 25.7 Å². The highest BCUT2D eigenvalue weighted by molar-refractivity contribution is 5.82. The Balaban J connectivity index is 0.998. The van der Waals surface area contributed by atoms with Crippen LogP contribution in [-0.4, -0.2) is 61.8 Å². The molecule has 7 heteroatoms. The lowest BCUT2D eigenvalue weighted by Crippen LogP contribution is -2.38. The van der Waals surface area contributed by atoms with Crippen LogP contribution in [0.25, 0.3) is 0 Å². The molecule has 0 N–H and O–H groups in total. The molecule has 260 valence electrons. The first-order valence-electron chi connectivity index (χ1n) is 19.4. The molecule has 0 bridgehead atoms. The summed E-state index contributed by atoms with van der Waals surface area (Å²) in [6.07, 6.45) is 30.0. The molecule has 3 aliphatic heterocycles. The smallest absolute Gasteiger partial charge is 0.309 e. The molecule has 0 aromatic rings. The number of hydrogen-bond acceptors (Lipinski definition) is 7. The summed E-state index contributed by atoms with van der Waals surface area (Å²) in [7, 11) is 0. The van der Waals surface area contributed by atoms with Crippen molar-refractivity contribution >= 4 is 11.9 Å². The minimum Gasteiger partial charge on any atom is -0.465 e. The Labute approximate surface area is 274 Å². The first-order chi connectivity index (χ1) is 22.1. The van der Waals surface area contributed by atoms with Gasteiger partial charge in [-0.1, -0.05) is 129 Å². The molecular weight excluding hydrogens is 568 g/mol. The number of carbonyl (C=O) groups is 2. The number of esters is 2. The van der Waals surface area contributed by atoms with Crippen LogP contribution in [0.2, 0.25) is 0 Å². The van der Waals surface area contributed by atoms with Gasteiger partial charge >= 0.3 is 11.9 Å². The second-order valence-electron chi connectivity index (χ2n) is 14.5. The van der Waals surface area contributed by atoms with Gasteiger partial charge in [0.1, 0.15) is 0 Å². The maximum Gasteiger partial charge on any atom is 0.309 e. The van der Waals surface area contributed by atoms with Crippen molar-refractivity contribution in [2.24, 2.45) is 11.8 Å². The van der Waals surface area contributed by atoms with Crippen LogP contribution in [0.5, 0.6) is 0 Å². The van der Waals surface area contributed by atoms with E-state index in [1.807, 2.05) is 0 Å². The molecule has 0 radical (unpaired) electrons. The third-order valence-corrected chi connectivity index (χ3v) is 10.6. The molecule has 4 aliphatic rings. The fraction of sp³-hybridized carbons (Fsp3) is 0.947. The van der Waals surface area contributed by atoms with Gasteiger partial charge in [-0.05, 0) is 25.7 Å². The molecule has 3 heterocycles. The number of ether oxygens (including phenoxy) is 5. The first kappa shape index (κ1) is 36.7. The minimum atomic E-state index is -0.476. The van der Waals surface area contributed by atoms with Crippen LogP contribution in [0.1, 0.15) is 168 Å². The van der Waals surface area contributed by atoms with Gasteiger partial charge in [-0.15, -0.1) is 0 Å². The number of carbonyl (C=O) groups excluding carboxylic acids is 2. The van der Waals surface area contributed by atoms with Gasteiger partial charge in [-0.3, -0.25) is 9.59 Å². The lowest BCUT2D eigenvalue weighted by atomic mass is 9.79. The van der Waals surface area contributed by atoms with Gasteiger partial charge in [0.05, 0.1) is 61.7 Å². The van der Waals surface area contributed by atoms with Gasteiger partial charge in [0, 0.05) is 12.8 Å². The Morgan fingerprint density at radius 2 is 0.800 bits per heavy atom. The van der Waals surface area contributed by atoms with E-state index in [9.17, 15) is 9.59 Å². The molecule has 4 fully saturated rings. The molecule has 1 aliphatic carbocycles. The fourth-order valence-corrected chi connectivity index (χ4v) is 7.40. The van der Waals surface area contributed by atoms with Crippen molar-refractivity contribution < 1.29 is 33.3 Å². The van der Waals surface area contributed by atoms with Gasteiger partial charge in [0.2, 0.25) is 0 Å². The molecule has 0 amide bonds. The van der Waals surface area contributed by atoms with E-state index in [2.05, 4.69) is 13.8 Å². The summed E-state index contributed by atoms with van der Waals surface area (Å²) >= 11 is 0. The van der Waals surface area contributed by atoms with Crippen LogP contribution in [0, 0.1) is 11.8 Å². The van der Waals surface area contributed by atoms with Crippen molar-refractivity contribution in [3.8, 4) is 0 Å². The van der Waals surface area contributed by atoms with Crippen LogP contribution in [0.3, 0.4) is 0 Å². The summed E-state index contributed by atoms with van der Waals surface area (Å²) in [6, 6.07) is 0. The van der Waals surface area contributed by atoms with E-state index in [4.69, 9.17) is 23.7 Å². The van der Waals surface area contributed by atoms with Crippen molar-refractivity contribution in [3.63, 3.8) is 0 Å². The molecule has 3 saturated heterocycles. The maximum absolute atomic E-state index is 13.0. The number of unbranched alkanes of at least 4 members (excludes halogenated alkanes) is 16. The summed E-state index contributed by atoms with van der Waals surface area (Å²) in [5.41, 5.74) is 0. The number of rotatable bonds is 28. The van der Waals surface area contributed by atoms with E-state index in [-0.39, 0.29) is 36.4 Å². The van der Waals surface area contributed by atoms with Crippen LogP contribution in [0.15, 0.2) is 0 Å². The quantitative estimate of drug-likeness (QED) is 0.0482. The molecule has 8 atom stereocenters. The Bertz CT molecular complexity index is 767. The Morgan fingerprint density at radius 3 is 1.18 bits per heavy atom. The van der Waals surface area contributed by atoms with E-state index < -0.39 is 11.8 Å². The van der Waals surface area contributed by atoms with E-state index in [0.29, 0.717) is 38.3 Å². The average Bonchev–Trinajstić information content (AvgIpc) is 3.95. The highest BCUT2D eigenvalue weighted by Crippen LogP contribution is 2.44. The van der Waals surface area contributed by atoms with Gasteiger partial charge in [0.25, 0.3) is 0 Å². The van der Waals surface area contributed by atoms with Gasteiger partial charge in [-0.25, -0.2) is 0 Å². The Hall–Kier alpha value is -1.18. The van der Waals surface area contributed by atoms with Crippen LogP contribution in [0.4, 0.5) is 0 Å².